The third kappa shape index (κ3) is 2.85. The summed E-state index contributed by atoms with van der Waals surface area (Å²) in [7, 11) is 0. The lowest BCUT2D eigenvalue weighted by Gasteiger charge is -2.03. The molecule has 1 heterocycles. The summed E-state index contributed by atoms with van der Waals surface area (Å²) in [5.74, 6) is 0.570. The third-order valence-corrected chi connectivity index (χ3v) is 2.10. The molecule has 0 fully saturated rings. The van der Waals surface area contributed by atoms with E-state index in [0.29, 0.717) is 17.6 Å². The van der Waals surface area contributed by atoms with Crippen LogP contribution in [0.1, 0.15) is 15.9 Å². The van der Waals surface area contributed by atoms with Crippen LogP contribution in [0.2, 0.25) is 0 Å². The monoisotopic (exact) mass is 230 g/mol. The SMILES string of the molecule is O=Cc1cnc(Oc2ccc(CO)cc2)nc1. The number of hydrogen-bond donors (Lipinski definition) is 1. The summed E-state index contributed by atoms with van der Waals surface area (Å²) in [5, 5.41) is 8.88. The molecule has 1 N–H and O–H groups in total. The molecule has 0 saturated heterocycles. The smallest absolute Gasteiger partial charge is 0.321 e. The Kier molecular flexibility index (Phi) is 3.42. The van der Waals surface area contributed by atoms with Crippen LogP contribution in [0.4, 0.5) is 0 Å². The topological polar surface area (TPSA) is 72.3 Å². The van der Waals surface area contributed by atoms with Crippen LogP contribution in [0.5, 0.6) is 11.8 Å². The summed E-state index contributed by atoms with van der Waals surface area (Å²) >= 11 is 0. The number of nitrogens with zero attached hydrogens (tertiary/aromatic N) is 2. The molecule has 0 aliphatic heterocycles. The van der Waals surface area contributed by atoms with E-state index in [4.69, 9.17) is 9.84 Å². The minimum atomic E-state index is -0.00912. The highest BCUT2D eigenvalue weighted by Crippen LogP contribution is 2.17. The fourth-order valence-electron chi connectivity index (χ4n) is 1.21. The fraction of sp³-hybridized carbons (Fsp3) is 0.0833. The van der Waals surface area contributed by atoms with Crippen molar-refractivity contribution in [3.05, 3.63) is 47.8 Å². The van der Waals surface area contributed by atoms with Gasteiger partial charge in [-0.2, -0.15) is 0 Å². The summed E-state index contributed by atoms with van der Waals surface area (Å²) < 4.78 is 5.36. The van der Waals surface area contributed by atoms with E-state index in [1.54, 1.807) is 24.3 Å². The third-order valence-electron chi connectivity index (χ3n) is 2.10. The minimum Gasteiger partial charge on any atom is -0.424 e. The van der Waals surface area contributed by atoms with E-state index in [2.05, 4.69) is 9.97 Å². The number of aliphatic hydroxyl groups is 1. The zero-order chi connectivity index (χ0) is 12.1. The molecule has 2 rings (SSSR count). The fourth-order valence-corrected chi connectivity index (χ4v) is 1.21. The van der Waals surface area contributed by atoms with Crippen LogP contribution in [-0.2, 0) is 6.61 Å². The molecule has 1 aromatic heterocycles. The molecule has 86 valence electrons. The largest absolute Gasteiger partial charge is 0.424 e. The van der Waals surface area contributed by atoms with Gasteiger partial charge in [0.25, 0.3) is 0 Å². The second-order valence-electron chi connectivity index (χ2n) is 3.32. The van der Waals surface area contributed by atoms with E-state index < -0.39 is 0 Å². The number of ether oxygens (including phenoxy) is 1. The number of hydrogen-bond acceptors (Lipinski definition) is 5. The van der Waals surface area contributed by atoms with Crippen molar-refractivity contribution in [2.75, 3.05) is 0 Å². The van der Waals surface area contributed by atoms with E-state index >= 15 is 0 Å². The quantitative estimate of drug-likeness (QED) is 0.807. The van der Waals surface area contributed by atoms with Crippen molar-refractivity contribution in [2.24, 2.45) is 0 Å². The molecule has 0 aliphatic carbocycles. The molecule has 0 aliphatic rings. The molecule has 0 saturated carbocycles. The molecule has 5 heteroatoms. The highest BCUT2D eigenvalue weighted by atomic mass is 16.5. The van der Waals surface area contributed by atoms with Gasteiger partial charge in [0.15, 0.2) is 6.29 Å². The molecule has 0 spiro atoms. The first-order valence-electron chi connectivity index (χ1n) is 4.96. The van der Waals surface area contributed by atoms with E-state index in [1.807, 2.05) is 0 Å². The summed E-state index contributed by atoms with van der Waals surface area (Å²) in [6.45, 7) is -0.00912. The maximum absolute atomic E-state index is 10.4. The van der Waals surface area contributed by atoms with Crippen LogP contribution in [0, 0.1) is 0 Å². The van der Waals surface area contributed by atoms with Gasteiger partial charge in [0.05, 0.1) is 12.2 Å². The van der Waals surface area contributed by atoms with Gasteiger partial charge in [-0.3, -0.25) is 4.79 Å². The number of aliphatic hydroxyl groups excluding tert-OH is 1. The summed E-state index contributed by atoms with van der Waals surface area (Å²) in [4.78, 5) is 18.1. The van der Waals surface area contributed by atoms with Gasteiger partial charge < -0.3 is 9.84 Å². The van der Waals surface area contributed by atoms with Gasteiger partial charge in [0, 0.05) is 12.4 Å². The van der Waals surface area contributed by atoms with E-state index in [9.17, 15) is 4.79 Å². The Morgan fingerprint density at radius 1 is 1.18 bits per heavy atom. The predicted molar refractivity (Wildman–Crippen MR) is 59.9 cm³/mol. The summed E-state index contributed by atoms with van der Waals surface area (Å²) in [6.07, 6.45) is 3.44. The normalized spacial score (nSPS) is 9.94. The lowest BCUT2D eigenvalue weighted by molar-refractivity contribution is 0.112. The van der Waals surface area contributed by atoms with Crippen LogP contribution >= 0.6 is 0 Å². The van der Waals surface area contributed by atoms with Crippen LogP contribution in [0.3, 0.4) is 0 Å². The molecule has 5 nitrogen and oxygen atoms in total. The Balaban J connectivity index is 2.10. The predicted octanol–water partition coefficient (Wildman–Crippen LogP) is 1.57. The van der Waals surface area contributed by atoms with Crippen LogP contribution in [-0.4, -0.2) is 21.4 Å². The molecular weight excluding hydrogens is 220 g/mol. The zero-order valence-electron chi connectivity index (χ0n) is 8.91. The lowest BCUT2D eigenvalue weighted by atomic mass is 10.2. The van der Waals surface area contributed by atoms with Crippen molar-refractivity contribution in [1.82, 2.24) is 9.97 Å². The van der Waals surface area contributed by atoms with Crippen LogP contribution in [0.25, 0.3) is 0 Å². The van der Waals surface area contributed by atoms with Crippen molar-refractivity contribution in [2.45, 2.75) is 6.61 Å². The number of carbonyl (C=O) groups excluding carboxylic acids is 1. The summed E-state index contributed by atoms with van der Waals surface area (Å²) in [5.41, 5.74) is 1.20. The number of aromatic nitrogens is 2. The molecule has 0 amide bonds. The van der Waals surface area contributed by atoms with E-state index in [-0.39, 0.29) is 12.6 Å². The van der Waals surface area contributed by atoms with Crippen molar-refractivity contribution >= 4 is 6.29 Å². The first kappa shape index (κ1) is 11.2. The maximum atomic E-state index is 10.4. The second kappa shape index (κ2) is 5.18. The van der Waals surface area contributed by atoms with Gasteiger partial charge in [-0.15, -0.1) is 0 Å². The Hall–Kier alpha value is -2.27. The van der Waals surface area contributed by atoms with Crippen LogP contribution < -0.4 is 4.74 Å². The van der Waals surface area contributed by atoms with Gasteiger partial charge in [0.1, 0.15) is 5.75 Å². The molecule has 17 heavy (non-hydrogen) atoms. The number of rotatable bonds is 4. The van der Waals surface area contributed by atoms with E-state index in [1.165, 1.54) is 12.4 Å². The molecule has 1 aromatic carbocycles. The molecule has 0 bridgehead atoms. The Bertz CT molecular complexity index is 494. The highest BCUT2D eigenvalue weighted by molar-refractivity contribution is 5.73. The molecular formula is C12H10N2O3. The Morgan fingerprint density at radius 2 is 1.82 bits per heavy atom. The summed E-state index contributed by atoms with van der Waals surface area (Å²) in [6, 6.07) is 7.09. The molecule has 2 aromatic rings. The lowest BCUT2D eigenvalue weighted by Crippen LogP contribution is -1.93. The standard InChI is InChI=1S/C12H10N2O3/c15-7-9-1-3-11(4-2-9)17-12-13-5-10(8-16)6-14-12/h1-6,8,15H,7H2. The van der Waals surface area contributed by atoms with Crippen molar-refractivity contribution in [3.63, 3.8) is 0 Å². The van der Waals surface area contributed by atoms with Gasteiger partial charge in [-0.05, 0) is 17.7 Å². The zero-order valence-corrected chi connectivity index (χ0v) is 8.91. The molecule has 0 unspecified atom stereocenters. The number of aldehydes is 1. The highest BCUT2D eigenvalue weighted by Gasteiger charge is 2.00. The van der Waals surface area contributed by atoms with Gasteiger partial charge in [-0.25, -0.2) is 9.97 Å². The van der Waals surface area contributed by atoms with Crippen molar-refractivity contribution in [1.29, 1.82) is 0 Å². The average Bonchev–Trinajstić information content (AvgIpc) is 2.40. The Morgan fingerprint density at radius 3 is 2.35 bits per heavy atom. The first-order valence-corrected chi connectivity index (χ1v) is 4.96. The van der Waals surface area contributed by atoms with Crippen molar-refractivity contribution in [3.8, 4) is 11.8 Å². The number of carbonyl (C=O) groups is 1. The van der Waals surface area contributed by atoms with Crippen molar-refractivity contribution < 1.29 is 14.6 Å². The maximum Gasteiger partial charge on any atom is 0.321 e. The Labute approximate surface area is 97.7 Å². The van der Waals surface area contributed by atoms with Gasteiger partial charge in [0.2, 0.25) is 0 Å². The van der Waals surface area contributed by atoms with Crippen LogP contribution in [0.15, 0.2) is 36.7 Å². The minimum absolute atomic E-state index is 0.00912. The van der Waals surface area contributed by atoms with Gasteiger partial charge >= 0.3 is 6.01 Å². The van der Waals surface area contributed by atoms with Gasteiger partial charge in [-0.1, -0.05) is 12.1 Å². The average molecular weight is 230 g/mol. The second-order valence-corrected chi connectivity index (χ2v) is 3.32. The molecule has 0 radical (unpaired) electrons. The first-order chi connectivity index (χ1) is 8.31. The van der Waals surface area contributed by atoms with E-state index in [0.717, 1.165) is 5.56 Å². The molecule has 0 atom stereocenters. The number of benzene rings is 1.